The Bertz CT molecular complexity index is 729. The van der Waals surface area contributed by atoms with Crippen LogP contribution in [0.15, 0.2) is 48.5 Å². The van der Waals surface area contributed by atoms with Crippen LogP contribution in [0.4, 0.5) is 0 Å². The summed E-state index contributed by atoms with van der Waals surface area (Å²) in [4.78, 5) is 0. The van der Waals surface area contributed by atoms with Crippen molar-refractivity contribution in [3.05, 3.63) is 48.5 Å². The number of rotatable bonds is 2. The van der Waals surface area contributed by atoms with Crippen molar-refractivity contribution in [3.63, 3.8) is 0 Å². The highest BCUT2D eigenvalue weighted by Gasteiger charge is 2.31. The Morgan fingerprint density at radius 1 is 0.545 bits per heavy atom. The highest BCUT2D eigenvalue weighted by Crippen LogP contribution is 2.28. The predicted octanol–water partition coefficient (Wildman–Crippen LogP) is 5.29. The van der Waals surface area contributed by atoms with E-state index in [0.717, 1.165) is 0 Å². The monoisotopic (exact) mass is 362 g/mol. The van der Waals surface area contributed by atoms with E-state index in [1.54, 1.807) is 0 Å². The minimum Gasteiger partial charge on any atom is -0.161 e. The highest BCUT2D eigenvalue weighted by molar-refractivity contribution is 7.29. The van der Waals surface area contributed by atoms with Crippen molar-refractivity contribution in [1.82, 2.24) is 0 Å². The molecule has 4 heteroatoms. The van der Waals surface area contributed by atoms with E-state index in [0.29, 0.717) is 0 Å². The van der Waals surface area contributed by atoms with Gasteiger partial charge in [-0.3, -0.25) is 0 Å². The lowest BCUT2D eigenvalue weighted by molar-refractivity contribution is 1.77. The summed E-state index contributed by atoms with van der Waals surface area (Å²) < 4.78 is 0. The first kappa shape index (κ1) is 16.1. The number of halogens is 2. The molecule has 0 aliphatic rings. The number of benzene rings is 3. The molecule has 0 aromatic heterocycles. The van der Waals surface area contributed by atoms with Gasteiger partial charge < -0.3 is 0 Å². The fourth-order valence-corrected chi connectivity index (χ4v) is 8.06. The quantitative estimate of drug-likeness (QED) is 0.329. The zero-order valence-electron chi connectivity index (χ0n) is 13.4. The first-order chi connectivity index (χ1) is 10.2. The topological polar surface area (TPSA) is 0 Å². The van der Waals surface area contributed by atoms with E-state index in [4.69, 9.17) is 22.2 Å². The van der Waals surface area contributed by atoms with E-state index in [1.165, 1.54) is 31.9 Å². The Balaban J connectivity index is 2.67. The molecule has 3 rings (SSSR count). The number of hydrogen-bond acceptors (Lipinski definition) is 0. The van der Waals surface area contributed by atoms with Gasteiger partial charge in [-0.1, -0.05) is 74.7 Å². The van der Waals surface area contributed by atoms with Gasteiger partial charge in [-0.25, -0.2) is 0 Å². The van der Waals surface area contributed by atoms with E-state index >= 15 is 0 Å². The molecular formula is C18H20Cl2Si2. The molecule has 0 fully saturated rings. The lowest BCUT2D eigenvalue weighted by Gasteiger charge is -2.26. The van der Waals surface area contributed by atoms with Crippen LogP contribution in [0.25, 0.3) is 21.5 Å². The van der Waals surface area contributed by atoms with Crippen LogP contribution >= 0.6 is 22.2 Å². The molecule has 0 saturated heterocycles. The summed E-state index contributed by atoms with van der Waals surface area (Å²) in [6.45, 7) is 8.80. The Morgan fingerprint density at radius 2 is 0.773 bits per heavy atom. The molecule has 3 aromatic carbocycles. The molecule has 22 heavy (non-hydrogen) atoms. The van der Waals surface area contributed by atoms with Crippen molar-refractivity contribution in [3.8, 4) is 0 Å². The molecule has 0 aliphatic carbocycles. The summed E-state index contributed by atoms with van der Waals surface area (Å²) in [6.07, 6.45) is 0. The van der Waals surface area contributed by atoms with Crippen LogP contribution in [-0.2, 0) is 0 Å². The maximum absolute atomic E-state index is 6.90. The SMILES string of the molecule is C[Si](C)(Cl)c1c2ccccc2c([Si](C)(C)Cl)c2ccccc12. The predicted molar refractivity (Wildman–Crippen MR) is 107 cm³/mol. The summed E-state index contributed by atoms with van der Waals surface area (Å²) >= 11 is 13.8. The summed E-state index contributed by atoms with van der Waals surface area (Å²) in [7, 11) is -4.00. The van der Waals surface area contributed by atoms with Gasteiger partial charge in [0, 0.05) is 0 Å². The second-order valence-corrected chi connectivity index (χ2v) is 19.3. The van der Waals surface area contributed by atoms with Crippen molar-refractivity contribution in [2.45, 2.75) is 26.2 Å². The third-order valence-corrected chi connectivity index (χ3v) is 8.71. The third kappa shape index (κ3) is 2.63. The summed E-state index contributed by atoms with van der Waals surface area (Å²) in [5, 5.41) is 7.79. The van der Waals surface area contributed by atoms with Gasteiger partial charge in [0.2, 0.25) is 0 Å². The molecule has 0 spiro atoms. The first-order valence-electron chi connectivity index (χ1n) is 7.53. The van der Waals surface area contributed by atoms with Crippen molar-refractivity contribution in [1.29, 1.82) is 0 Å². The Morgan fingerprint density at radius 3 is 0.955 bits per heavy atom. The van der Waals surface area contributed by atoms with Crippen LogP contribution in [0.3, 0.4) is 0 Å². The molecule has 0 radical (unpaired) electrons. The second-order valence-electron chi connectivity index (χ2n) is 6.79. The van der Waals surface area contributed by atoms with Gasteiger partial charge in [0.25, 0.3) is 0 Å². The molecule has 0 bridgehead atoms. The molecule has 3 aromatic rings. The van der Waals surface area contributed by atoms with Crippen LogP contribution in [0.5, 0.6) is 0 Å². The average molecular weight is 363 g/mol. The average Bonchev–Trinajstić information content (AvgIpc) is 2.41. The van der Waals surface area contributed by atoms with Gasteiger partial charge in [-0.2, -0.15) is 22.2 Å². The summed E-state index contributed by atoms with van der Waals surface area (Å²) in [5.41, 5.74) is 0. The minimum atomic E-state index is -2.00. The third-order valence-electron chi connectivity index (χ3n) is 4.12. The largest absolute Gasteiger partial charge is 0.182 e. The maximum atomic E-state index is 6.90. The molecule has 0 nitrogen and oxygen atoms in total. The van der Waals surface area contributed by atoms with E-state index < -0.39 is 14.8 Å². The second kappa shape index (κ2) is 5.38. The smallest absolute Gasteiger partial charge is 0.161 e. The zero-order valence-corrected chi connectivity index (χ0v) is 16.9. The van der Waals surface area contributed by atoms with Gasteiger partial charge in [0.05, 0.1) is 0 Å². The van der Waals surface area contributed by atoms with Gasteiger partial charge in [-0.15, -0.1) is 0 Å². The number of hydrogen-bond donors (Lipinski definition) is 0. The van der Waals surface area contributed by atoms with E-state index in [2.05, 4.69) is 74.7 Å². The van der Waals surface area contributed by atoms with Crippen molar-refractivity contribution in [2.75, 3.05) is 0 Å². The lowest BCUT2D eigenvalue weighted by Crippen LogP contribution is -2.42. The Hall–Kier alpha value is -0.806. The fraction of sp³-hybridized carbons (Fsp3) is 0.222. The highest BCUT2D eigenvalue weighted by atomic mass is 35.6. The van der Waals surface area contributed by atoms with E-state index in [1.807, 2.05) is 0 Å². The van der Waals surface area contributed by atoms with Crippen molar-refractivity contribution >= 4 is 68.8 Å². The zero-order chi connectivity index (χ0) is 16.1. The molecule has 114 valence electrons. The Labute approximate surface area is 143 Å². The fourth-order valence-electron chi connectivity index (χ4n) is 3.41. The van der Waals surface area contributed by atoms with Crippen molar-refractivity contribution in [2.24, 2.45) is 0 Å². The summed E-state index contributed by atoms with van der Waals surface area (Å²) in [6, 6.07) is 17.2. The maximum Gasteiger partial charge on any atom is 0.182 e. The molecule has 0 amide bonds. The van der Waals surface area contributed by atoms with Crippen molar-refractivity contribution < 1.29 is 0 Å². The lowest BCUT2D eigenvalue weighted by atomic mass is 10.0. The van der Waals surface area contributed by atoms with Crippen LogP contribution < -0.4 is 10.4 Å². The molecule has 0 aliphatic heterocycles. The molecule has 0 atom stereocenters. The van der Waals surface area contributed by atoms with E-state index in [-0.39, 0.29) is 0 Å². The number of fused-ring (bicyclic) bond motifs is 2. The van der Waals surface area contributed by atoms with Crippen LogP contribution in [0, 0.1) is 0 Å². The standard InChI is InChI=1S/C18H20Cl2Si2/c1-21(2,19)17-13-9-5-7-11-15(13)18(22(3,4)20)16-12-8-6-10-14(16)17/h5-12H,1-4H3. The molecule has 0 unspecified atom stereocenters. The van der Waals surface area contributed by atoms with Crippen LogP contribution in [0.2, 0.25) is 26.2 Å². The molecule has 0 saturated carbocycles. The summed E-state index contributed by atoms with van der Waals surface area (Å²) in [5.74, 6) is 0. The first-order valence-corrected chi connectivity index (χ1v) is 15.6. The van der Waals surface area contributed by atoms with Gasteiger partial charge >= 0.3 is 0 Å². The van der Waals surface area contributed by atoms with Crippen LogP contribution in [0.1, 0.15) is 0 Å². The normalized spacial score (nSPS) is 13.0. The molecular weight excluding hydrogens is 343 g/mol. The van der Waals surface area contributed by atoms with Gasteiger partial charge in [0.1, 0.15) is 0 Å². The van der Waals surface area contributed by atoms with E-state index in [9.17, 15) is 0 Å². The van der Waals surface area contributed by atoms with Gasteiger partial charge in [-0.05, 0) is 31.9 Å². The molecule has 0 N–H and O–H groups in total. The van der Waals surface area contributed by atoms with Crippen LogP contribution in [-0.4, -0.2) is 14.8 Å². The Kier molecular flexibility index (Phi) is 3.93. The molecule has 0 heterocycles. The van der Waals surface area contributed by atoms with Gasteiger partial charge in [0.15, 0.2) is 14.8 Å². The minimum absolute atomic E-state index is 1.28.